The number of guanidine groups is 2. The van der Waals surface area contributed by atoms with Crippen molar-refractivity contribution in [2.24, 2.45) is 9.98 Å². The van der Waals surface area contributed by atoms with Crippen LogP contribution in [0.4, 0.5) is 0 Å². The lowest BCUT2D eigenvalue weighted by Gasteiger charge is -2.20. The number of aliphatic hydroxyl groups is 1. The maximum atomic E-state index is 12.2. The monoisotopic (exact) mass is 534 g/mol. The summed E-state index contributed by atoms with van der Waals surface area (Å²) < 4.78 is 28.0. The standard InChI is InChI=1S/C23H31N6O7P/c30-18(15-35-37(32,33)36-20-7-2-1-6-19(20)31)14-34-21-16(12-28-22-24-8-9-25-22)4-3-5-17(21)13-29-23-26-10-11-27-23/h1-7,18,30-31H,8-15H2,(H,32,33)(H2,24,25,28)(H2,26,27,29). The number of phosphoric acid groups is 1. The van der Waals surface area contributed by atoms with Gasteiger partial charge in [0.05, 0.1) is 19.7 Å². The van der Waals surface area contributed by atoms with Crippen LogP contribution < -0.4 is 30.5 Å². The number of hydrogen-bond acceptors (Lipinski definition) is 12. The van der Waals surface area contributed by atoms with Crippen molar-refractivity contribution in [2.75, 3.05) is 39.4 Å². The Labute approximate surface area is 214 Å². The summed E-state index contributed by atoms with van der Waals surface area (Å²) in [6, 6.07) is 11.4. The maximum absolute atomic E-state index is 12.2. The van der Waals surface area contributed by atoms with Crippen LogP contribution in [0.25, 0.3) is 0 Å². The lowest BCUT2D eigenvalue weighted by Crippen LogP contribution is -2.34. The Bertz CT molecular complexity index is 1130. The number of ether oxygens (including phenoxy) is 1. The smallest absolute Gasteiger partial charge is 0.504 e. The van der Waals surface area contributed by atoms with Crippen LogP contribution in [0, 0.1) is 0 Å². The third kappa shape index (κ3) is 7.99. The average molecular weight is 535 g/mol. The van der Waals surface area contributed by atoms with E-state index in [1.807, 2.05) is 18.2 Å². The van der Waals surface area contributed by atoms with Crippen LogP contribution >= 0.6 is 7.82 Å². The minimum atomic E-state index is -4.59. The Hall–Kier alpha value is -3.51. The highest BCUT2D eigenvalue weighted by Gasteiger charge is 2.26. The fraction of sp³-hybridized carbons (Fsp3) is 0.391. The van der Waals surface area contributed by atoms with Crippen LogP contribution in [-0.4, -0.2) is 72.5 Å². The number of phenols is 1. The molecule has 13 nitrogen and oxygen atoms in total. The van der Waals surface area contributed by atoms with Gasteiger partial charge in [0.25, 0.3) is 0 Å². The second-order valence-corrected chi connectivity index (χ2v) is 9.59. The van der Waals surface area contributed by atoms with Gasteiger partial charge in [-0.2, -0.15) is 0 Å². The molecule has 0 amide bonds. The molecule has 37 heavy (non-hydrogen) atoms. The van der Waals surface area contributed by atoms with Crippen LogP contribution in [0.1, 0.15) is 11.1 Å². The average Bonchev–Trinajstić information content (AvgIpc) is 3.60. The van der Waals surface area contributed by atoms with Crippen LogP contribution in [-0.2, 0) is 22.2 Å². The number of nitrogens with one attached hydrogen (secondary N) is 4. The van der Waals surface area contributed by atoms with Gasteiger partial charge in [-0.05, 0) is 12.1 Å². The summed E-state index contributed by atoms with van der Waals surface area (Å²) in [4.78, 5) is 18.6. The van der Waals surface area contributed by atoms with Gasteiger partial charge in [0.15, 0.2) is 23.4 Å². The molecule has 2 aliphatic heterocycles. The Morgan fingerprint density at radius 2 is 1.57 bits per heavy atom. The summed E-state index contributed by atoms with van der Waals surface area (Å²) in [5, 5.41) is 32.9. The van der Waals surface area contributed by atoms with E-state index < -0.39 is 20.5 Å². The number of aliphatic hydroxyl groups excluding tert-OH is 1. The number of phosphoric ester groups is 1. The van der Waals surface area contributed by atoms with Gasteiger partial charge in [0.2, 0.25) is 0 Å². The van der Waals surface area contributed by atoms with Crippen molar-refractivity contribution in [1.82, 2.24) is 21.3 Å². The third-order valence-corrected chi connectivity index (χ3v) is 6.25. The van der Waals surface area contributed by atoms with E-state index in [0.717, 1.165) is 24.2 Å². The van der Waals surface area contributed by atoms with Gasteiger partial charge in [-0.3, -0.25) is 19.4 Å². The molecule has 7 N–H and O–H groups in total. The fourth-order valence-electron chi connectivity index (χ4n) is 3.59. The summed E-state index contributed by atoms with van der Waals surface area (Å²) in [7, 11) is -4.59. The molecule has 0 aromatic heterocycles. The molecule has 0 aliphatic carbocycles. The zero-order valence-electron chi connectivity index (χ0n) is 20.1. The molecule has 14 heteroatoms. The Kier molecular flexibility index (Phi) is 9.07. The minimum absolute atomic E-state index is 0.208. The van der Waals surface area contributed by atoms with Crippen molar-refractivity contribution in [3.05, 3.63) is 53.6 Å². The van der Waals surface area contributed by atoms with E-state index in [1.165, 1.54) is 18.2 Å². The molecule has 2 atom stereocenters. The highest BCUT2D eigenvalue weighted by Crippen LogP contribution is 2.46. The van der Waals surface area contributed by atoms with Crippen LogP contribution in [0.15, 0.2) is 52.4 Å². The van der Waals surface area contributed by atoms with Gasteiger partial charge in [-0.25, -0.2) is 4.57 Å². The molecule has 2 unspecified atom stereocenters. The van der Waals surface area contributed by atoms with Gasteiger partial charge in [0.1, 0.15) is 18.5 Å². The van der Waals surface area contributed by atoms with Gasteiger partial charge in [0, 0.05) is 37.3 Å². The highest BCUT2D eigenvalue weighted by atomic mass is 31.2. The molecule has 2 aromatic rings. The first-order chi connectivity index (χ1) is 17.9. The Morgan fingerprint density at radius 3 is 2.14 bits per heavy atom. The molecule has 2 aliphatic rings. The van der Waals surface area contributed by atoms with E-state index >= 15 is 0 Å². The number of hydrogen-bond donors (Lipinski definition) is 7. The predicted octanol–water partition coefficient (Wildman–Crippen LogP) is 0.426. The number of para-hydroxylation sites is 3. The number of rotatable bonds is 12. The molecule has 4 rings (SSSR count). The molecule has 2 heterocycles. The predicted molar refractivity (Wildman–Crippen MR) is 137 cm³/mol. The summed E-state index contributed by atoms with van der Waals surface area (Å²) in [5.74, 6) is 1.44. The van der Waals surface area contributed by atoms with E-state index in [1.54, 1.807) is 6.07 Å². The van der Waals surface area contributed by atoms with Gasteiger partial charge >= 0.3 is 7.82 Å². The molecular formula is C23H31N6O7P. The quantitative estimate of drug-likeness (QED) is 0.188. The van der Waals surface area contributed by atoms with E-state index in [-0.39, 0.29) is 18.1 Å². The molecule has 0 bridgehead atoms. The number of nitrogens with zero attached hydrogens (tertiary/aromatic N) is 2. The second kappa shape index (κ2) is 12.6. The maximum Gasteiger partial charge on any atom is 0.527 e. The van der Waals surface area contributed by atoms with Gasteiger partial charge in [-0.15, -0.1) is 0 Å². The van der Waals surface area contributed by atoms with Crippen molar-refractivity contribution in [3.63, 3.8) is 0 Å². The highest BCUT2D eigenvalue weighted by molar-refractivity contribution is 7.47. The topological polar surface area (TPSA) is 178 Å². The van der Waals surface area contributed by atoms with Gasteiger partial charge in [-0.1, -0.05) is 30.3 Å². The summed E-state index contributed by atoms with van der Waals surface area (Å²) in [6.45, 7) is 3.09. The van der Waals surface area contributed by atoms with Crippen molar-refractivity contribution < 1.29 is 33.5 Å². The summed E-state index contributed by atoms with van der Waals surface area (Å²) in [6.07, 6.45) is -1.24. The molecule has 0 radical (unpaired) electrons. The first kappa shape index (κ1) is 26.6. The third-order valence-electron chi connectivity index (χ3n) is 5.35. The molecule has 0 spiro atoms. The normalized spacial score (nSPS) is 17.0. The van der Waals surface area contributed by atoms with Crippen molar-refractivity contribution >= 4 is 19.7 Å². The summed E-state index contributed by atoms with van der Waals surface area (Å²) in [5.41, 5.74) is 1.67. The lowest BCUT2D eigenvalue weighted by molar-refractivity contribution is 0.0501. The van der Waals surface area contributed by atoms with Crippen molar-refractivity contribution in [2.45, 2.75) is 19.2 Å². The molecule has 200 valence electrons. The zero-order chi connectivity index (χ0) is 26.1. The number of phenolic OH excluding ortho intramolecular Hbond substituents is 1. The molecule has 0 fully saturated rings. The first-order valence-corrected chi connectivity index (χ1v) is 13.3. The minimum Gasteiger partial charge on any atom is -0.504 e. The largest absolute Gasteiger partial charge is 0.527 e. The van der Waals surface area contributed by atoms with Crippen LogP contribution in [0.5, 0.6) is 17.2 Å². The molecule has 2 aromatic carbocycles. The second-order valence-electron chi connectivity index (χ2n) is 8.21. The van der Waals surface area contributed by atoms with E-state index in [0.29, 0.717) is 43.8 Å². The molecule has 0 saturated heterocycles. The first-order valence-electron chi connectivity index (χ1n) is 11.8. The lowest BCUT2D eigenvalue weighted by atomic mass is 10.1. The van der Waals surface area contributed by atoms with E-state index in [9.17, 15) is 19.7 Å². The Morgan fingerprint density at radius 1 is 0.946 bits per heavy atom. The number of aromatic hydroxyl groups is 1. The van der Waals surface area contributed by atoms with Crippen LogP contribution in [0.2, 0.25) is 0 Å². The number of aliphatic imine (C=N–C) groups is 2. The molecule has 0 saturated carbocycles. The van der Waals surface area contributed by atoms with E-state index in [2.05, 4.69) is 31.3 Å². The van der Waals surface area contributed by atoms with Crippen molar-refractivity contribution in [3.8, 4) is 17.2 Å². The SMILES string of the molecule is O=P(O)(OCC(O)COc1c(CNC2=NCCN2)cccc1CNC1=NCCN1)Oc1ccccc1O. The Balaban J connectivity index is 1.37. The van der Waals surface area contributed by atoms with E-state index in [4.69, 9.17) is 13.8 Å². The number of benzene rings is 2. The fourth-order valence-corrected chi connectivity index (χ4v) is 4.40. The van der Waals surface area contributed by atoms with Gasteiger partial charge < -0.3 is 40.7 Å². The zero-order valence-corrected chi connectivity index (χ0v) is 21.0. The molecular weight excluding hydrogens is 503 g/mol. The van der Waals surface area contributed by atoms with Crippen molar-refractivity contribution in [1.29, 1.82) is 0 Å². The van der Waals surface area contributed by atoms with Crippen LogP contribution in [0.3, 0.4) is 0 Å². The summed E-state index contributed by atoms with van der Waals surface area (Å²) >= 11 is 0.